The zero-order chi connectivity index (χ0) is 14.9. The second-order valence-corrected chi connectivity index (χ2v) is 7.72. The Kier molecular flexibility index (Phi) is 4.78. The number of hydrogen-bond donors (Lipinski definition) is 0. The molecule has 3 nitrogen and oxygen atoms in total. The summed E-state index contributed by atoms with van der Waals surface area (Å²) in [6.07, 6.45) is 5.09. The Bertz CT molecular complexity index is 334. The van der Waals surface area contributed by atoms with Crippen molar-refractivity contribution in [2.45, 2.75) is 72.5 Å². The maximum absolute atomic E-state index is 12.5. The standard InChI is InChI=1S/C17H30O3/c1-11(2)9-17(5,12(3)4)16(18)19-10-13-6-14-8-15(7-13)20-14/h11-15H,6-10H2,1-5H3. The van der Waals surface area contributed by atoms with Crippen LogP contribution in [0.15, 0.2) is 0 Å². The van der Waals surface area contributed by atoms with Crippen LogP contribution in [-0.4, -0.2) is 24.8 Å². The fraction of sp³-hybridized carbons (Fsp3) is 0.941. The van der Waals surface area contributed by atoms with Crippen LogP contribution in [-0.2, 0) is 14.3 Å². The van der Waals surface area contributed by atoms with Gasteiger partial charge in [-0.15, -0.1) is 0 Å². The summed E-state index contributed by atoms with van der Waals surface area (Å²) in [4.78, 5) is 12.5. The summed E-state index contributed by atoms with van der Waals surface area (Å²) < 4.78 is 11.3. The average Bonchev–Trinajstić information content (AvgIpc) is 2.34. The molecular formula is C17H30O3. The van der Waals surface area contributed by atoms with Crippen LogP contribution in [0.4, 0.5) is 0 Å². The third-order valence-electron chi connectivity index (χ3n) is 5.13. The molecule has 0 amide bonds. The quantitative estimate of drug-likeness (QED) is 0.695. The maximum Gasteiger partial charge on any atom is 0.312 e. The normalized spacial score (nSPS) is 31.9. The summed E-state index contributed by atoms with van der Waals surface area (Å²) in [5.41, 5.74) is -0.359. The van der Waals surface area contributed by atoms with Gasteiger partial charge in [0.15, 0.2) is 0 Å². The van der Waals surface area contributed by atoms with Crippen LogP contribution in [0.1, 0.15) is 60.3 Å². The number of fused-ring (bicyclic) bond motifs is 2. The van der Waals surface area contributed by atoms with E-state index in [1.165, 1.54) is 6.42 Å². The number of hydrogen-bond acceptors (Lipinski definition) is 3. The van der Waals surface area contributed by atoms with Crippen molar-refractivity contribution in [3.63, 3.8) is 0 Å². The van der Waals surface area contributed by atoms with Gasteiger partial charge >= 0.3 is 5.97 Å². The molecule has 116 valence electrons. The van der Waals surface area contributed by atoms with Gasteiger partial charge < -0.3 is 9.47 Å². The highest BCUT2D eigenvalue weighted by Gasteiger charge is 2.42. The summed E-state index contributed by atoms with van der Waals surface area (Å²) in [5, 5.41) is 0. The minimum absolute atomic E-state index is 0.0126. The molecule has 2 aliphatic heterocycles. The van der Waals surface area contributed by atoms with E-state index in [0.717, 1.165) is 19.3 Å². The van der Waals surface area contributed by atoms with Crippen molar-refractivity contribution in [2.75, 3.05) is 6.61 Å². The lowest BCUT2D eigenvalue weighted by Gasteiger charge is -2.45. The van der Waals surface area contributed by atoms with Crippen molar-refractivity contribution in [1.82, 2.24) is 0 Å². The zero-order valence-corrected chi connectivity index (χ0v) is 13.6. The Labute approximate surface area is 123 Å². The van der Waals surface area contributed by atoms with E-state index in [4.69, 9.17) is 9.47 Å². The summed E-state index contributed by atoms with van der Waals surface area (Å²) in [5.74, 6) is 1.31. The lowest BCUT2D eigenvalue weighted by molar-refractivity contribution is -0.186. The highest BCUT2D eigenvalue weighted by Crippen LogP contribution is 2.39. The number of rotatable bonds is 6. The monoisotopic (exact) mass is 282 g/mol. The molecule has 2 saturated heterocycles. The first-order valence-electron chi connectivity index (χ1n) is 8.14. The molecule has 0 radical (unpaired) electrons. The van der Waals surface area contributed by atoms with Crippen molar-refractivity contribution in [3.05, 3.63) is 0 Å². The van der Waals surface area contributed by atoms with E-state index in [-0.39, 0.29) is 11.4 Å². The first-order valence-corrected chi connectivity index (χ1v) is 8.14. The fourth-order valence-corrected chi connectivity index (χ4v) is 3.59. The third-order valence-corrected chi connectivity index (χ3v) is 5.13. The van der Waals surface area contributed by atoms with Gasteiger partial charge in [-0.1, -0.05) is 27.7 Å². The molecule has 2 bridgehead atoms. The summed E-state index contributed by atoms with van der Waals surface area (Å²) in [7, 11) is 0. The van der Waals surface area contributed by atoms with Gasteiger partial charge in [0.25, 0.3) is 0 Å². The Morgan fingerprint density at radius 2 is 1.75 bits per heavy atom. The molecule has 0 aromatic carbocycles. The molecule has 1 saturated carbocycles. The molecule has 3 fully saturated rings. The first-order chi connectivity index (χ1) is 9.31. The number of carbonyl (C=O) groups is 1. The summed E-state index contributed by atoms with van der Waals surface area (Å²) in [6.45, 7) is 11.2. The average molecular weight is 282 g/mol. The highest BCUT2D eigenvalue weighted by molar-refractivity contribution is 5.76. The van der Waals surface area contributed by atoms with E-state index in [0.29, 0.717) is 36.6 Å². The predicted molar refractivity (Wildman–Crippen MR) is 79.4 cm³/mol. The van der Waals surface area contributed by atoms with Gasteiger partial charge in [0, 0.05) is 0 Å². The minimum Gasteiger partial charge on any atom is -0.465 e. The molecule has 0 aromatic heterocycles. The Morgan fingerprint density at radius 1 is 1.20 bits per heavy atom. The number of ether oxygens (including phenoxy) is 2. The number of esters is 1. The molecule has 3 atom stereocenters. The van der Waals surface area contributed by atoms with Crippen LogP contribution in [0.5, 0.6) is 0 Å². The van der Waals surface area contributed by atoms with Crippen LogP contribution in [0.3, 0.4) is 0 Å². The second kappa shape index (κ2) is 6.05. The van der Waals surface area contributed by atoms with E-state index < -0.39 is 0 Å². The molecule has 0 spiro atoms. The van der Waals surface area contributed by atoms with E-state index in [1.807, 2.05) is 0 Å². The van der Waals surface area contributed by atoms with Crippen LogP contribution >= 0.6 is 0 Å². The number of carbonyl (C=O) groups excluding carboxylic acids is 1. The van der Waals surface area contributed by atoms with Gasteiger partial charge in [-0.25, -0.2) is 0 Å². The Morgan fingerprint density at radius 3 is 2.20 bits per heavy atom. The first kappa shape index (κ1) is 15.8. The second-order valence-electron chi connectivity index (χ2n) is 7.72. The van der Waals surface area contributed by atoms with E-state index in [2.05, 4.69) is 34.6 Å². The molecule has 0 aromatic rings. The molecule has 3 heteroatoms. The van der Waals surface area contributed by atoms with E-state index in [1.54, 1.807) is 0 Å². The van der Waals surface area contributed by atoms with Crippen molar-refractivity contribution in [2.24, 2.45) is 23.2 Å². The van der Waals surface area contributed by atoms with E-state index in [9.17, 15) is 4.79 Å². The highest BCUT2D eigenvalue weighted by atomic mass is 16.5. The minimum atomic E-state index is -0.359. The van der Waals surface area contributed by atoms with Crippen molar-refractivity contribution < 1.29 is 14.3 Å². The molecule has 3 unspecified atom stereocenters. The van der Waals surface area contributed by atoms with Crippen molar-refractivity contribution in [1.29, 1.82) is 0 Å². The topological polar surface area (TPSA) is 35.5 Å². The predicted octanol–water partition coefficient (Wildman–Crippen LogP) is 3.81. The van der Waals surface area contributed by atoms with Gasteiger partial charge in [0.1, 0.15) is 0 Å². The molecule has 3 rings (SSSR count). The van der Waals surface area contributed by atoms with Gasteiger partial charge in [0.05, 0.1) is 24.2 Å². The maximum atomic E-state index is 12.5. The van der Waals surface area contributed by atoms with Crippen LogP contribution in [0.25, 0.3) is 0 Å². The van der Waals surface area contributed by atoms with Crippen LogP contribution < -0.4 is 0 Å². The summed E-state index contributed by atoms with van der Waals surface area (Å²) >= 11 is 0. The van der Waals surface area contributed by atoms with Gasteiger partial charge in [-0.2, -0.15) is 0 Å². The van der Waals surface area contributed by atoms with Gasteiger partial charge in [-0.3, -0.25) is 4.79 Å². The van der Waals surface area contributed by atoms with Crippen molar-refractivity contribution in [3.8, 4) is 0 Å². The molecule has 0 N–H and O–H groups in total. The lowest BCUT2D eigenvalue weighted by Crippen LogP contribution is -2.47. The van der Waals surface area contributed by atoms with Crippen molar-refractivity contribution >= 4 is 5.97 Å². The molecule has 1 aliphatic carbocycles. The lowest BCUT2D eigenvalue weighted by atomic mass is 9.73. The molecule has 20 heavy (non-hydrogen) atoms. The Hall–Kier alpha value is -0.570. The van der Waals surface area contributed by atoms with Gasteiger partial charge in [-0.05, 0) is 50.4 Å². The summed E-state index contributed by atoms with van der Waals surface area (Å²) in [6, 6.07) is 0. The van der Waals surface area contributed by atoms with Crippen LogP contribution in [0, 0.1) is 23.2 Å². The third kappa shape index (κ3) is 3.36. The van der Waals surface area contributed by atoms with Crippen LogP contribution in [0.2, 0.25) is 0 Å². The fourth-order valence-electron chi connectivity index (χ4n) is 3.59. The zero-order valence-electron chi connectivity index (χ0n) is 13.6. The molecule has 3 aliphatic rings. The Balaban J connectivity index is 1.85. The smallest absolute Gasteiger partial charge is 0.312 e. The molecular weight excluding hydrogens is 252 g/mol. The molecule has 2 heterocycles. The SMILES string of the molecule is CC(C)CC(C)(C(=O)OCC1CC2CC(C1)O2)C(C)C. The van der Waals surface area contributed by atoms with E-state index >= 15 is 0 Å². The largest absolute Gasteiger partial charge is 0.465 e. The van der Waals surface area contributed by atoms with Gasteiger partial charge in [0.2, 0.25) is 0 Å².